The van der Waals surface area contributed by atoms with Crippen LogP contribution in [0.3, 0.4) is 0 Å². The second-order valence-electron chi connectivity index (χ2n) is 4.60. The third-order valence-corrected chi connectivity index (χ3v) is 3.59. The quantitative estimate of drug-likeness (QED) is 0.920. The lowest BCUT2D eigenvalue weighted by Crippen LogP contribution is -2.38. The minimum Gasteiger partial charge on any atom is -0.289 e. The van der Waals surface area contributed by atoms with Crippen LogP contribution in [0.15, 0.2) is 71.7 Å². The number of nitrogens with one attached hydrogen (secondary N) is 1. The molecule has 5 heteroatoms. The van der Waals surface area contributed by atoms with Crippen molar-refractivity contribution in [2.45, 2.75) is 13.0 Å². The van der Waals surface area contributed by atoms with Crippen LogP contribution in [-0.4, -0.2) is 28.4 Å². The molecular weight excluding hydrogens is 294 g/mol. The van der Waals surface area contributed by atoms with Crippen molar-refractivity contribution in [1.29, 1.82) is 0 Å². The molecule has 0 fully saturated rings. The summed E-state index contributed by atoms with van der Waals surface area (Å²) in [6, 6.07) is 21.3. The van der Waals surface area contributed by atoms with E-state index >= 15 is 0 Å². The number of carbonyl (C=O) groups is 1. The zero-order valence-electron chi connectivity index (χ0n) is 12.6. The maximum absolute atomic E-state index is 11.8. The molecule has 2 aromatic carbocycles. The number of anilines is 1. The van der Waals surface area contributed by atoms with E-state index in [1.54, 1.807) is 6.92 Å². The summed E-state index contributed by atoms with van der Waals surface area (Å²) in [4.78, 5) is 16.1. The molecule has 1 atom stereocenters. The smallest absolute Gasteiger partial charge is 0.272 e. The summed E-state index contributed by atoms with van der Waals surface area (Å²) in [5, 5.41) is 2.21. The summed E-state index contributed by atoms with van der Waals surface area (Å²) in [5.41, 5.74) is 3.94. The first-order valence-corrected chi connectivity index (χ1v) is 8.22. The van der Waals surface area contributed by atoms with Gasteiger partial charge in [0.15, 0.2) is 5.17 Å². The van der Waals surface area contributed by atoms with Crippen LogP contribution >= 0.6 is 11.8 Å². The number of hydrazine groups is 1. The molecule has 114 valence electrons. The van der Waals surface area contributed by atoms with Crippen LogP contribution in [0.1, 0.15) is 6.92 Å². The fraction of sp³-hybridized carbons (Fsp3) is 0.176. The van der Waals surface area contributed by atoms with Crippen LogP contribution in [0.4, 0.5) is 5.69 Å². The van der Waals surface area contributed by atoms with E-state index in [2.05, 4.69) is 10.4 Å². The number of amides is 1. The van der Waals surface area contributed by atoms with E-state index in [9.17, 15) is 4.79 Å². The molecule has 0 saturated carbocycles. The summed E-state index contributed by atoms with van der Waals surface area (Å²) < 4.78 is 0. The number of rotatable bonds is 2. The number of amidine groups is 1. The molecule has 22 heavy (non-hydrogen) atoms. The Hall–Kier alpha value is -2.27. The maximum atomic E-state index is 11.8. The second-order valence-corrected chi connectivity index (χ2v) is 5.37. The van der Waals surface area contributed by atoms with Gasteiger partial charge >= 0.3 is 0 Å². The van der Waals surface area contributed by atoms with Gasteiger partial charge in [0.05, 0.1) is 5.69 Å². The first-order valence-electron chi connectivity index (χ1n) is 7.00. The van der Waals surface area contributed by atoms with E-state index in [0.717, 1.165) is 5.69 Å². The summed E-state index contributed by atoms with van der Waals surface area (Å²) in [6.07, 6.45) is 1.91. The molecule has 1 aliphatic rings. The fourth-order valence-electron chi connectivity index (χ4n) is 1.83. The van der Waals surface area contributed by atoms with Gasteiger partial charge in [0.1, 0.15) is 6.04 Å². The Bertz CT molecular complexity index is 590. The predicted molar refractivity (Wildman–Crippen MR) is 93.8 cm³/mol. The molecule has 0 aliphatic carbocycles. The number of thioether (sulfide) groups is 1. The fourth-order valence-corrected chi connectivity index (χ4v) is 2.42. The zero-order valence-corrected chi connectivity index (χ0v) is 13.5. The van der Waals surface area contributed by atoms with Gasteiger partial charge < -0.3 is 0 Å². The third kappa shape index (κ3) is 4.36. The molecule has 3 rings (SSSR count). The van der Waals surface area contributed by atoms with Crippen molar-refractivity contribution in [3.8, 4) is 0 Å². The van der Waals surface area contributed by atoms with Crippen LogP contribution < -0.4 is 5.43 Å². The lowest BCUT2D eigenvalue weighted by atomic mass is 10.3. The minimum absolute atomic E-state index is 0.0202. The summed E-state index contributed by atoms with van der Waals surface area (Å²) >= 11 is 1.46. The van der Waals surface area contributed by atoms with Crippen molar-refractivity contribution in [2.24, 2.45) is 4.99 Å². The Morgan fingerprint density at radius 3 is 2.00 bits per heavy atom. The van der Waals surface area contributed by atoms with Crippen LogP contribution in [0.5, 0.6) is 0 Å². The Balaban J connectivity index is 0.000000246. The maximum Gasteiger partial charge on any atom is 0.272 e. The number of benzene rings is 2. The Labute approximate surface area is 135 Å². The summed E-state index contributed by atoms with van der Waals surface area (Å²) in [7, 11) is 0. The first-order chi connectivity index (χ1) is 10.7. The number of hydrogen-bond acceptors (Lipinski definition) is 4. The van der Waals surface area contributed by atoms with E-state index in [0.29, 0.717) is 5.17 Å². The monoisotopic (exact) mass is 313 g/mol. The van der Waals surface area contributed by atoms with E-state index in [1.807, 2.05) is 73.0 Å². The summed E-state index contributed by atoms with van der Waals surface area (Å²) in [5.74, 6) is -0.0202. The molecule has 4 nitrogen and oxygen atoms in total. The van der Waals surface area contributed by atoms with Crippen molar-refractivity contribution >= 4 is 28.5 Å². The van der Waals surface area contributed by atoms with Crippen LogP contribution in [0, 0.1) is 0 Å². The Morgan fingerprint density at radius 2 is 1.50 bits per heavy atom. The summed E-state index contributed by atoms with van der Waals surface area (Å²) in [6.45, 7) is 1.80. The average molecular weight is 313 g/mol. The molecule has 0 spiro atoms. The number of hydrogen-bond donors (Lipinski definition) is 1. The first kappa shape index (κ1) is 16.1. The molecule has 2 aromatic rings. The van der Waals surface area contributed by atoms with Gasteiger partial charge in [-0.2, -0.15) is 5.01 Å². The average Bonchev–Trinajstić information content (AvgIpc) is 2.86. The lowest BCUT2D eigenvalue weighted by Gasteiger charge is -2.19. The standard InChI is InChI=1S/C11H13N3OS.C6H6/c1-8-10(15)14(11(12-8)16-2)13-9-6-4-3-5-7-9;1-2-4-6-5-3-1/h3-8,13H,1-2H3;1-6H. The highest BCUT2D eigenvalue weighted by Crippen LogP contribution is 2.19. The van der Waals surface area contributed by atoms with Gasteiger partial charge in [-0.05, 0) is 25.3 Å². The second kappa shape index (κ2) is 8.24. The minimum atomic E-state index is -0.293. The number of para-hydroxylation sites is 1. The van der Waals surface area contributed by atoms with Gasteiger partial charge in [-0.15, -0.1) is 0 Å². The van der Waals surface area contributed by atoms with E-state index in [1.165, 1.54) is 16.8 Å². The molecule has 0 saturated heterocycles. The topological polar surface area (TPSA) is 44.7 Å². The molecule has 1 N–H and O–H groups in total. The molecule has 0 radical (unpaired) electrons. The number of carbonyl (C=O) groups excluding carboxylic acids is 1. The molecule has 1 amide bonds. The van der Waals surface area contributed by atoms with Gasteiger partial charge in [0.2, 0.25) is 0 Å². The molecule has 1 heterocycles. The van der Waals surface area contributed by atoms with Crippen molar-refractivity contribution < 1.29 is 4.79 Å². The Morgan fingerprint density at radius 1 is 1.00 bits per heavy atom. The van der Waals surface area contributed by atoms with Gasteiger partial charge in [-0.25, -0.2) is 4.99 Å². The number of nitrogens with zero attached hydrogens (tertiary/aromatic N) is 2. The molecule has 0 aromatic heterocycles. The van der Waals surface area contributed by atoms with Crippen molar-refractivity contribution in [3.05, 3.63) is 66.7 Å². The number of aliphatic imine (C=N–C) groups is 1. The van der Waals surface area contributed by atoms with Gasteiger partial charge in [-0.3, -0.25) is 10.2 Å². The molecule has 0 bridgehead atoms. The lowest BCUT2D eigenvalue weighted by molar-refractivity contribution is -0.126. The highest BCUT2D eigenvalue weighted by molar-refractivity contribution is 8.13. The van der Waals surface area contributed by atoms with E-state index in [-0.39, 0.29) is 11.9 Å². The predicted octanol–water partition coefficient (Wildman–Crippen LogP) is 3.65. The highest BCUT2D eigenvalue weighted by atomic mass is 32.2. The van der Waals surface area contributed by atoms with Gasteiger partial charge in [0.25, 0.3) is 5.91 Å². The Kier molecular flexibility index (Phi) is 6.03. The zero-order chi connectivity index (χ0) is 15.8. The van der Waals surface area contributed by atoms with Crippen molar-refractivity contribution in [1.82, 2.24) is 5.01 Å². The van der Waals surface area contributed by atoms with Gasteiger partial charge in [-0.1, -0.05) is 66.4 Å². The largest absolute Gasteiger partial charge is 0.289 e. The van der Waals surface area contributed by atoms with Crippen molar-refractivity contribution in [3.63, 3.8) is 0 Å². The van der Waals surface area contributed by atoms with E-state index < -0.39 is 0 Å². The molecular formula is C17H19N3OS. The molecule has 1 aliphatic heterocycles. The van der Waals surface area contributed by atoms with Crippen LogP contribution in [0.2, 0.25) is 0 Å². The van der Waals surface area contributed by atoms with E-state index in [4.69, 9.17) is 0 Å². The highest BCUT2D eigenvalue weighted by Gasteiger charge is 2.31. The normalized spacial score (nSPS) is 16.6. The molecule has 1 unspecified atom stereocenters. The van der Waals surface area contributed by atoms with Crippen LogP contribution in [-0.2, 0) is 4.79 Å². The van der Waals surface area contributed by atoms with Crippen molar-refractivity contribution in [2.75, 3.05) is 11.7 Å². The third-order valence-electron chi connectivity index (χ3n) is 2.94. The SMILES string of the molecule is CSC1=NC(C)C(=O)N1Nc1ccccc1.c1ccccc1. The van der Waals surface area contributed by atoms with Crippen LogP contribution in [0.25, 0.3) is 0 Å². The van der Waals surface area contributed by atoms with Gasteiger partial charge in [0, 0.05) is 0 Å².